The number of hydrogen-bond acceptors (Lipinski definition) is 4. The molecule has 0 aliphatic heterocycles. The first kappa shape index (κ1) is 14.6. The normalized spacial score (nSPS) is 9.81. The van der Waals surface area contributed by atoms with Gasteiger partial charge in [-0.1, -0.05) is 12.2 Å². The largest absolute Gasteiger partial charge is 0.480 e. The molecule has 16 heavy (non-hydrogen) atoms. The van der Waals surface area contributed by atoms with Crippen LogP contribution in [-0.2, 0) is 19.1 Å². The number of carboxylic acid groups (broad SMARTS) is 1. The summed E-state index contributed by atoms with van der Waals surface area (Å²) < 4.78 is 9.72. The molecule has 0 atom stereocenters. The molecular weight excluding hydrogens is 214 g/mol. The van der Waals surface area contributed by atoms with Crippen LogP contribution in [0.4, 0.5) is 0 Å². The van der Waals surface area contributed by atoms with Gasteiger partial charge in [0.2, 0.25) is 5.91 Å². The smallest absolute Gasteiger partial charge is 0.329 e. The maximum atomic E-state index is 11.0. The Morgan fingerprint density at radius 2 is 1.94 bits per heavy atom. The van der Waals surface area contributed by atoms with Crippen LogP contribution in [0.2, 0.25) is 0 Å². The molecule has 0 saturated heterocycles. The fourth-order valence-corrected chi connectivity index (χ4v) is 0.791. The SMILES string of the molecule is C=C(C)COCCNC(=O)COCC(=O)O. The summed E-state index contributed by atoms with van der Waals surface area (Å²) in [7, 11) is 0. The number of hydrogen-bond donors (Lipinski definition) is 2. The number of carbonyl (C=O) groups is 2. The maximum absolute atomic E-state index is 11.0. The molecule has 0 aromatic heterocycles. The highest BCUT2D eigenvalue weighted by Crippen LogP contribution is 1.86. The lowest BCUT2D eigenvalue weighted by Crippen LogP contribution is -2.31. The van der Waals surface area contributed by atoms with Crippen LogP contribution >= 0.6 is 0 Å². The van der Waals surface area contributed by atoms with E-state index in [2.05, 4.69) is 16.6 Å². The van der Waals surface area contributed by atoms with E-state index >= 15 is 0 Å². The second kappa shape index (κ2) is 8.87. The van der Waals surface area contributed by atoms with Gasteiger partial charge in [0.1, 0.15) is 13.2 Å². The summed E-state index contributed by atoms with van der Waals surface area (Å²) in [6, 6.07) is 0. The van der Waals surface area contributed by atoms with Crippen molar-refractivity contribution in [3.63, 3.8) is 0 Å². The molecule has 0 fully saturated rings. The first-order valence-electron chi connectivity index (χ1n) is 4.80. The van der Waals surface area contributed by atoms with E-state index in [0.29, 0.717) is 19.8 Å². The number of amides is 1. The minimum Gasteiger partial charge on any atom is -0.480 e. The van der Waals surface area contributed by atoms with Crippen LogP contribution in [0.3, 0.4) is 0 Å². The Hall–Kier alpha value is -1.40. The molecule has 0 aliphatic rings. The van der Waals surface area contributed by atoms with Crippen LogP contribution in [0.25, 0.3) is 0 Å². The summed E-state index contributed by atoms with van der Waals surface area (Å²) in [4.78, 5) is 21.1. The van der Waals surface area contributed by atoms with Gasteiger partial charge in [-0.25, -0.2) is 4.79 Å². The van der Waals surface area contributed by atoms with Gasteiger partial charge in [-0.05, 0) is 6.92 Å². The Kier molecular flexibility index (Phi) is 8.10. The Morgan fingerprint density at radius 1 is 1.25 bits per heavy atom. The highest BCUT2D eigenvalue weighted by Gasteiger charge is 2.02. The topological polar surface area (TPSA) is 84.9 Å². The molecule has 0 saturated carbocycles. The van der Waals surface area contributed by atoms with E-state index in [1.165, 1.54) is 0 Å². The van der Waals surface area contributed by atoms with Crippen molar-refractivity contribution < 1.29 is 24.2 Å². The number of rotatable bonds is 9. The molecule has 0 bridgehead atoms. The summed E-state index contributed by atoms with van der Waals surface area (Å²) in [6.07, 6.45) is 0. The summed E-state index contributed by atoms with van der Waals surface area (Å²) in [5.41, 5.74) is 0.913. The maximum Gasteiger partial charge on any atom is 0.329 e. The Morgan fingerprint density at radius 3 is 2.50 bits per heavy atom. The van der Waals surface area contributed by atoms with Gasteiger partial charge in [0.25, 0.3) is 0 Å². The van der Waals surface area contributed by atoms with Gasteiger partial charge in [0.05, 0.1) is 13.2 Å². The third kappa shape index (κ3) is 10.7. The van der Waals surface area contributed by atoms with Crippen LogP contribution < -0.4 is 5.32 Å². The van der Waals surface area contributed by atoms with Gasteiger partial charge in [0, 0.05) is 6.54 Å². The van der Waals surface area contributed by atoms with Crippen molar-refractivity contribution in [1.29, 1.82) is 0 Å². The predicted octanol–water partition coefficient (Wildman–Crippen LogP) is -0.203. The van der Waals surface area contributed by atoms with Crippen molar-refractivity contribution in [2.24, 2.45) is 0 Å². The van der Waals surface area contributed by atoms with Crippen molar-refractivity contribution >= 4 is 11.9 Å². The molecular formula is C10H17NO5. The second-order valence-corrected chi connectivity index (χ2v) is 3.25. The molecule has 92 valence electrons. The van der Waals surface area contributed by atoms with E-state index in [4.69, 9.17) is 9.84 Å². The van der Waals surface area contributed by atoms with E-state index in [-0.39, 0.29) is 12.5 Å². The Labute approximate surface area is 94.2 Å². The van der Waals surface area contributed by atoms with Crippen LogP contribution in [0, 0.1) is 0 Å². The lowest BCUT2D eigenvalue weighted by atomic mass is 10.4. The number of nitrogens with one attached hydrogen (secondary N) is 1. The summed E-state index contributed by atoms with van der Waals surface area (Å²) >= 11 is 0. The average molecular weight is 231 g/mol. The average Bonchev–Trinajstić information content (AvgIpc) is 2.16. The zero-order valence-electron chi connectivity index (χ0n) is 9.32. The van der Waals surface area contributed by atoms with Gasteiger partial charge in [-0.3, -0.25) is 4.79 Å². The van der Waals surface area contributed by atoms with Crippen LogP contribution in [0.15, 0.2) is 12.2 Å². The fourth-order valence-electron chi connectivity index (χ4n) is 0.791. The quantitative estimate of drug-likeness (QED) is 0.424. The van der Waals surface area contributed by atoms with Gasteiger partial charge < -0.3 is 19.9 Å². The van der Waals surface area contributed by atoms with Gasteiger partial charge in [-0.15, -0.1) is 0 Å². The third-order valence-corrected chi connectivity index (χ3v) is 1.38. The zero-order valence-corrected chi connectivity index (χ0v) is 9.32. The molecule has 0 aliphatic carbocycles. The van der Waals surface area contributed by atoms with Gasteiger partial charge in [-0.2, -0.15) is 0 Å². The molecule has 6 heteroatoms. The number of ether oxygens (including phenoxy) is 2. The van der Waals surface area contributed by atoms with Crippen molar-refractivity contribution in [2.45, 2.75) is 6.92 Å². The predicted molar refractivity (Wildman–Crippen MR) is 57.1 cm³/mol. The molecule has 0 heterocycles. The van der Waals surface area contributed by atoms with Gasteiger partial charge in [0.15, 0.2) is 0 Å². The lowest BCUT2D eigenvalue weighted by Gasteiger charge is -2.06. The van der Waals surface area contributed by atoms with E-state index in [0.717, 1.165) is 5.57 Å². The third-order valence-electron chi connectivity index (χ3n) is 1.38. The molecule has 0 aromatic rings. The lowest BCUT2D eigenvalue weighted by molar-refractivity contribution is -0.143. The van der Waals surface area contributed by atoms with Crippen LogP contribution in [0.5, 0.6) is 0 Å². The van der Waals surface area contributed by atoms with E-state index in [1.54, 1.807) is 0 Å². The molecule has 0 unspecified atom stereocenters. The molecule has 0 aromatic carbocycles. The van der Waals surface area contributed by atoms with E-state index < -0.39 is 12.6 Å². The number of aliphatic carboxylic acids is 1. The van der Waals surface area contributed by atoms with E-state index in [9.17, 15) is 9.59 Å². The Bertz CT molecular complexity index is 252. The standard InChI is InChI=1S/C10H17NO5/c1-8(2)5-15-4-3-11-9(12)6-16-7-10(13)14/h1,3-7H2,2H3,(H,11,12)(H,13,14). The van der Waals surface area contributed by atoms with Crippen LogP contribution in [0.1, 0.15) is 6.92 Å². The van der Waals surface area contributed by atoms with Crippen molar-refractivity contribution in [2.75, 3.05) is 33.0 Å². The van der Waals surface area contributed by atoms with Crippen molar-refractivity contribution in [3.05, 3.63) is 12.2 Å². The molecule has 6 nitrogen and oxygen atoms in total. The number of carboxylic acids is 1. The fraction of sp³-hybridized carbons (Fsp3) is 0.600. The minimum absolute atomic E-state index is 0.257. The Balaban J connectivity index is 3.30. The first-order valence-corrected chi connectivity index (χ1v) is 4.80. The highest BCUT2D eigenvalue weighted by molar-refractivity contribution is 5.77. The molecule has 2 N–H and O–H groups in total. The first-order chi connectivity index (χ1) is 7.52. The van der Waals surface area contributed by atoms with Crippen LogP contribution in [-0.4, -0.2) is 50.0 Å². The summed E-state index contributed by atoms with van der Waals surface area (Å²) in [5, 5.41) is 10.8. The number of carbonyl (C=O) groups excluding carboxylic acids is 1. The minimum atomic E-state index is -1.10. The second-order valence-electron chi connectivity index (χ2n) is 3.25. The molecule has 0 rings (SSSR count). The highest BCUT2D eigenvalue weighted by atomic mass is 16.5. The van der Waals surface area contributed by atoms with Gasteiger partial charge >= 0.3 is 5.97 Å². The molecule has 0 spiro atoms. The van der Waals surface area contributed by atoms with E-state index in [1.807, 2.05) is 6.92 Å². The molecule has 0 radical (unpaired) electrons. The van der Waals surface area contributed by atoms with Crippen molar-refractivity contribution in [3.8, 4) is 0 Å². The molecule has 1 amide bonds. The monoisotopic (exact) mass is 231 g/mol. The summed E-state index contributed by atoms with van der Waals surface area (Å²) in [6.45, 7) is 5.99. The summed E-state index contributed by atoms with van der Waals surface area (Å²) in [5.74, 6) is -1.46. The zero-order chi connectivity index (χ0) is 12.4. The van der Waals surface area contributed by atoms with Crippen molar-refractivity contribution in [1.82, 2.24) is 5.32 Å².